The zero-order valence-corrected chi connectivity index (χ0v) is 12.3. The summed E-state index contributed by atoms with van der Waals surface area (Å²) < 4.78 is 2.74. The number of nitrogens with zero attached hydrogens (tertiary/aromatic N) is 2. The fourth-order valence-electron chi connectivity index (χ4n) is 3.37. The largest absolute Gasteiger partial charge is 0.349 e. The molecule has 0 bridgehead atoms. The van der Waals surface area contributed by atoms with Gasteiger partial charge in [0, 0.05) is 12.0 Å². The minimum Gasteiger partial charge on any atom is -0.349 e. The Morgan fingerprint density at radius 2 is 2.20 bits per heavy atom. The molecule has 108 valence electrons. The van der Waals surface area contributed by atoms with Gasteiger partial charge in [0.25, 0.3) is 0 Å². The highest BCUT2D eigenvalue weighted by Gasteiger charge is 2.48. The van der Waals surface area contributed by atoms with Gasteiger partial charge in [-0.1, -0.05) is 19.3 Å². The monoisotopic (exact) mass is 292 g/mol. The molecular formula is C14H20N4OS. The van der Waals surface area contributed by atoms with E-state index in [-0.39, 0.29) is 11.8 Å². The smallest absolute Gasteiger partial charge is 0.223 e. The second-order valence-electron chi connectivity index (χ2n) is 6.46. The highest BCUT2D eigenvalue weighted by Crippen LogP contribution is 2.51. The van der Waals surface area contributed by atoms with Crippen LogP contribution in [-0.4, -0.2) is 20.7 Å². The van der Waals surface area contributed by atoms with E-state index >= 15 is 0 Å². The van der Waals surface area contributed by atoms with Crippen LogP contribution in [0.5, 0.6) is 0 Å². The first-order chi connectivity index (χ1) is 9.74. The summed E-state index contributed by atoms with van der Waals surface area (Å²) in [6.45, 7) is 0.496. The van der Waals surface area contributed by atoms with E-state index in [4.69, 9.17) is 12.2 Å². The molecule has 1 aromatic rings. The van der Waals surface area contributed by atoms with Crippen LogP contribution in [0.25, 0.3) is 0 Å². The summed E-state index contributed by atoms with van der Waals surface area (Å²) >= 11 is 5.24. The van der Waals surface area contributed by atoms with Crippen molar-refractivity contribution in [2.24, 2.45) is 17.8 Å². The number of carbonyl (C=O) groups is 1. The van der Waals surface area contributed by atoms with Crippen molar-refractivity contribution in [2.45, 2.75) is 51.1 Å². The van der Waals surface area contributed by atoms with Crippen molar-refractivity contribution in [1.29, 1.82) is 0 Å². The Morgan fingerprint density at radius 3 is 2.85 bits per heavy atom. The lowest BCUT2D eigenvalue weighted by atomic mass is 9.81. The molecule has 1 heterocycles. The van der Waals surface area contributed by atoms with Gasteiger partial charge in [-0.2, -0.15) is 5.10 Å². The lowest BCUT2D eigenvalue weighted by Gasteiger charge is -2.25. The third kappa shape index (κ3) is 2.20. The standard InChI is InChI=1S/C14H20N4OS/c19-13(11-6-10(11)8-2-1-3-8)15-7-12-16-17-14(20)18(12)9-4-5-9/h8-11H,1-7H2,(H,15,19)(H,17,20)/t10-,11-/m1/s1. The minimum atomic E-state index is 0.207. The highest BCUT2D eigenvalue weighted by atomic mass is 32.1. The average Bonchev–Trinajstić information content (AvgIpc) is 3.26. The zero-order chi connectivity index (χ0) is 13.7. The van der Waals surface area contributed by atoms with Crippen LogP contribution in [0.4, 0.5) is 0 Å². The molecule has 4 rings (SSSR count). The highest BCUT2D eigenvalue weighted by molar-refractivity contribution is 7.71. The molecule has 20 heavy (non-hydrogen) atoms. The first-order valence-corrected chi connectivity index (χ1v) is 8.08. The van der Waals surface area contributed by atoms with Crippen LogP contribution in [0.2, 0.25) is 0 Å². The van der Waals surface area contributed by atoms with E-state index in [0.29, 0.717) is 23.3 Å². The summed E-state index contributed by atoms with van der Waals surface area (Å²) in [5.41, 5.74) is 0. The molecule has 6 heteroatoms. The topological polar surface area (TPSA) is 62.7 Å². The summed E-state index contributed by atoms with van der Waals surface area (Å²) in [7, 11) is 0. The van der Waals surface area contributed by atoms with E-state index in [1.165, 1.54) is 32.1 Å². The van der Waals surface area contributed by atoms with E-state index in [1.54, 1.807) is 0 Å². The summed E-state index contributed by atoms with van der Waals surface area (Å²) in [5, 5.41) is 10.1. The summed E-state index contributed by atoms with van der Waals surface area (Å²) in [4.78, 5) is 12.2. The molecule has 0 aliphatic heterocycles. The van der Waals surface area contributed by atoms with Gasteiger partial charge in [0.15, 0.2) is 10.6 Å². The van der Waals surface area contributed by atoms with Gasteiger partial charge >= 0.3 is 0 Å². The number of rotatable bonds is 5. The Labute approximate surface area is 123 Å². The maximum Gasteiger partial charge on any atom is 0.223 e. The molecule has 5 nitrogen and oxygen atoms in total. The lowest BCUT2D eigenvalue weighted by molar-refractivity contribution is -0.123. The Kier molecular flexibility index (Phi) is 2.94. The van der Waals surface area contributed by atoms with Gasteiger partial charge in [-0.3, -0.25) is 14.5 Å². The number of amides is 1. The third-order valence-electron chi connectivity index (χ3n) is 5.04. The maximum atomic E-state index is 12.2. The summed E-state index contributed by atoms with van der Waals surface area (Å²) in [5.74, 6) is 2.82. The number of hydrogen-bond acceptors (Lipinski definition) is 3. The summed E-state index contributed by atoms with van der Waals surface area (Å²) in [6.07, 6.45) is 7.43. The molecule has 1 amide bonds. The first-order valence-electron chi connectivity index (χ1n) is 7.67. The molecule has 0 unspecified atom stereocenters. The molecule has 3 saturated carbocycles. The van der Waals surface area contributed by atoms with Crippen molar-refractivity contribution in [3.05, 3.63) is 10.6 Å². The van der Waals surface area contributed by atoms with E-state index in [0.717, 1.165) is 18.2 Å². The van der Waals surface area contributed by atoms with Crippen molar-refractivity contribution in [3.63, 3.8) is 0 Å². The van der Waals surface area contributed by atoms with Gasteiger partial charge in [0.1, 0.15) is 0 Å². The molecule has 3 fully saturated rings. The van der Waals surface area contributed by atoms with Crippen molar-refractivity contribution in [2.75, 3.05) is 0 Å². The molecule has 2 atom stereocenters. The van der Waals surface area contributed by atoms with Crippen molar-refractivity contribution in [3.8, 4) is 0 Å². The van der Waals surface area contributed by atoms with E-state index in [9.17, 15) is 4.79 Å². The second kappa shape index (κ2) is 4.69. The van der Waals surface area contributed by atoms with Crippen LogP contribution in [0, 0.1) is 22.5 Å². The Bertz CT molecular complexity index is 584. The lowest BCUT2D eigenvalue weighted by Crippen LogP contribution is -2.28. The van der Waals surface area contributed by atoms with Gasteiger partial charge in [0.2, 0.25) is 5.91 Å². The third-order valence-corrected chi connectivity index (χ3v) is 5.33. The molecule has 0 spiro atoms. The van der Waals surface area contributed by atoms with Crippen LogP contribution in [0.3, 0.4) is 0 Å². The first kappa shape index (κ1) is 12.6. The van der Waals surface area contributed by atoms with Gasteiger partial charge in [-0.05, 0) is 43.3 Å². The molecule has 1 aromatic heterocycles. The number of nitrogens with one attached hydrogen (secondary N) is 2. The molecule has 2 N–H and O–H groups in total. The van der Waals surface area contributed by atoms with Crippen LogP contribution in [0.15, 0.2) is 0 Å². The van der Waals surface area contributed by atoms with Gasteiger partial charge < -0.3 is 5.32 Å². The Balaban J connectivity index is 1.34. The fourth-order valence-corrected chi connectivity index (χ4v) is 3.67. The van der Waals surface area contributed by atoms with Gasteiger partial charge in [-0.15, -0.1) is 0 Å². The maximum absolute atomic E-state index is 12.2. The Morgan fingerprint density at radius 1 is 1.40 bits per heavy atom. The van der Waals surface area contributed by atoms with Crippen LogP contribution < -0.4 is 5.32 Å². The number of hydrogen-bond donors (Lipinski definition) is 2. The molecule has 0 radical (unpaired) electrons. The summed E-state index contributed by atoms with van der Waals surface area (Å²) in [6, 6.07) is 0.497. The van der Waals surface area contributed by atoms with Gasteiger partial charge in [-0.25, -0.2) is 0 Å². The number of aromatic nitrogens is 3. The molecule has 3 aliphatic rings. The molecule has 0 saturated heterocycles. The zero-order valence-electron chi connectivity index (χ0n) is 11.5. The Hall–Kier alpha value is -1.17. The van der Waals surface area contributed by atoms with Crippen molar-refractivity contribution < 1.29 is 4.79 Å². The minimum absolute atomic E-state index is 0.207. The quantitative estimate of drug-likeness (QED) is 0.819. The number of H-pyrrole nitrogens is 1. The van der Waals surface area contributed by atoms with Gasteiger partial charge in [0.05, 0.1) is 6.54 Å². The molecule has 0 aromatic carbocycles. The second-order valence-corrected chi connectivity index (χ2v) is 6.85. The van der Waals surface area contributed by atoms with Crippen LogP contribution in [-0.2, 0) is 11.3 Å². The molecular weight excluding hydrogens is 272 g/mol. The van der Waals surface area contributed by atoms with E-state index in [1.807, 2.05) is 0 Å². The molecule has 3 aliphatic carbocycles. The number of aromatic amines is 1. The fraction of sp³-hybridized carbons (Fsp3) is 0.786. The average molecular weight is 292 g/mol. The van der Waals surface area contributed by atoms with Crippen molar-refractivity contribution >= 4 is 18.1 Å². The number of carbonyl (C=O) groups excluding carboxylic acids is 1. The SMILES string of the molecule is O=C(NCc1n[nH]c(=S)n1C1CC1)[C@@H]1C[C@@H]1C1CCC1. The van der Waals surface area contributed by atoms with E-state index < -0.39 is 0 Å². The van der Waals surface area contributed by atoms with Crippen LogP contribution >= 0.6 is 12.2 Å². The van der Waals surface area contributed by atoms with Crippen LogP contribution in [0.1, 0.15) is 50.4 Å². The predicted octanol–water partition coefficient (Wildman–Crippen LogP) is 2.33. The van der Waals surface area contributed by atoms with E-state index in [2.05, 4.69) is 20.1 Å². The normalized spacial score (nSPS) is 29.0. The predicted molar refractivity (Wildman–Crippen MR) is 76.5 cm³/mol. The van der Waals surface area contributed by atoms with Crippen molar-refractivity contribution in [1.82, 2.24) is 20.1 Å².